The van der Waals surface area contributed by atoms with Gasteiger partial charge in [-0.05, 0) is 24.8 Å². The van der Waals surface area contributed by atoms with Crippen molar-refractivity contribution in [3.63, 3.8) is 0 Å². The molecule has 1 aliphatic carbocycles. The molecule has 24 heavy (non-hydrogen) atoms. The van der Waals surface area contributed by atoms with Gasteiger partial charge >= 0.3 is 0 Å². The Morgan fingerprint density at radius 2 is 1.75 bits per heavy atom. The van der Waals surface area contributed by atoms with Crippen LogP contribution in [0.15, 0.2) is 30.3 Å². The fourth-order valence-corrected chi connectivity index (χ4v) is 4.10. The highest BCUT2D eigenvalue weighted by molar-refractivity contribution is 7.86. The fourth-order valence-electron chi connectivity index (χ4n) is 3.42. The molecule has 132 valence electrons. The van der Waals surface area contributed by atoms with E-state index < -0.39 is 10.2 Å². The van der Waals surface area contributed by atoms with E-state index in [4.69, 9.17) is 5.14 Å². The summed E-state index contributed by atoms with van der Waals surface area (Å²) in [6, 6.07) is 10.1. The van der Waals surface area contributed by atoms with E-state index in [0.717, 1.165) is 24.8 Å². The van der Waals surface area contributed by atoms with Crippen molar-refractivity contribution in [3.05, 3.63) is 35.9 Å². The van der Waals surface area contributed by atoms with Gasteiger partial charge in [-0.1, -0.05) is 30.3 Å². The van der Waals surface area contributed by atoms with E-state index in [-0.39, 0.29) is 18.0 Å². The smallest absolute Gasteiger partial charge is 0.276 e. The minimum atomic E-state index is -3.63. The number of rotatable bonds is 5. The molecule has 0 atom stereocenters. The van der Waals surface area contributed by atoms with Gasteiger partial charge in [0.05, 0.1) is 12.1 Å². The molecule has 1 aromatic rings. The third-order valence-corrected chi connectivity index (χ3v) is 6.06. The van der Waals surface area contributed by atoms with Crippen LogP contribution in [-0.2, 0) is 20.5 Å². The second-order valence-corrected chi connectivity index (χ2v) is 8.12. The molecule has 1 amide bonds. The van der Waals surface area contributed by atoms with Crippen molar-refractivity contribution in [2.45, 2.75) is 24.8 Å². The Balaban J connectivity index is 1.55. The number of benzene rings is 1. The zero-order valence-electron chi connectivity index (χ0n) is 13.6. The Morgan fingerprint density at radius 1 is 1.12 bits per heavy atom. The summed E-state index contributed by atoms with van der Waals surface area (Å²) in [5.74, 6) is -0.0115. The van der Waals surface area contributed by atoms with Gasteiger partial charge in [-0.3, -0.25) is 9.69 Å². The first kappa shape index (κ1) is 17.3. The van der Waals surface area contributed by atoms with Crippen molar-refractivity contribution in [3.8, 4) is 0 Å². The fraction of sp³-hybridized carbons (Fsp3) is 0.562. The third-order valence-electron chi connectivity index (χ3n) is 4.97. The molecule has 0 bridgehead atoms. The summed E-state index contributed by atoms with van der Waals surface area (Å²) in [5, 5.41) is 8.33. The summed E-state index contributed by atoms with van der Waals surface area (Å²) in [7, 11) is -3.63. The Hall–Kier alpha value is -1.48. The van der Waals surface area contributed by atoms with Gasteiger partial charge in [-0.15, -0.1) is 0 Å². The highest BCUT2D eigenvalue weighted by Crippen LogP contribution is 2.41. The lowest BCUT2D eigenvalue weighted by Gasteiger charge is -2.43. The van der Waals surface area contributed by atoms with Crippen LogP contribution in [0.4, 0.5) is 0 Å². The summed E-state index contributed by atoms with van der Waals surface area (Å²) >= 11 is 0. The average Bonchev–Trinajstić information content (AvgIpc) is 2.51. The number of carbonyl (C=O) groups is 1. The maximum absolute atomic E-state index is 12.5. The van der Waals surface area contributed by atoms with Crippen molar-refractivity contribution >= 4 is 16.1 Å². The van der Waals surface area contributed by atoms with Crippen molar-refractivity contribution in [1.29, 1.82) is 0 Å². The number of nitrogens with one attached hydrogen (secondary N) is 1. The first-order chi connectivity index (χ1) is 11.4. The first-order valence-electron chi connectivity index (χ1n) is 8.26. The molecule has 2 aliphatic rings. The third kappa shape index (κ3) is 3.77. The van der Waals surface area contributed by atoms with Crippen molar-refractivity contribution < 1.29 is 13.2 Å². The molecule has 0 unspecified atom stereocenters. The number of amides is 1. The molecule has 1 aromatic carbocycles. The van der Waals surface area contributed by atoms with Crippen LogP contribution in [0.25, 0.3) is 0 Å². The molecular weight excluding hydrogens is 328 g/mol. The van der Waals surface area contributed by atoms with Gasteiger partial charge < -0.3 is 5.32 Å². The Bertz CT molecular complexity index is 681. The molecule has 1 aliphatic heterocycles. The molecule has 0 radical (unpaired) electrons. The number of piperazine rings is 1. The van der Waals surface area contributed by atoms with Gasteiger partial charge in [0.15, 0.2) is 0 Å². The Morgan fingerprint density at radius 3 is 2.25 bits per heavy atom. The Labute approximate surface area is 143 Å². The molecule has 1 saturated carbocycles. The molecule has 7 nitrogen and oxygen atoms in total. The molecule has 0 aromatic heterocycles. The van der Waals surface area contributed by atoms with Crippen molar-refractivity contribution in [1.82, 2.24) is 14.5 Å². The highest BCUT2D eigenvalue weighted by atomic mass is 32.2. The van der Waals surface area contributed by atoms with E-state index in [2.05, 4.69) is 17.4 Å². The van der Waals surface area contributed by atoms with Crippen LogP contribution in [0, 0.1) is 0 Å². The van der Waals surface area contributed by atoms with Gasteiger partial charge in [0.25, 0.3) is 10.2 Å². The minimum absolute atomic E-state index is 0.0115. The van der Waals surface area contributed by atoms with Crippen LogP contribution in [0.5, 0.6) is 0 Å². The van der Waals surface area contributed by atoms with Gasteiger partial charge in [0.1, 0.15) is 0 Å². The van der Waals surface area contributed by atoms with Crippen molar-refractivity contribution in [2.24, 2.45) is 5.14 Å². The summed E-state index contributed by atoms with van der Waals surface area (Å²) in [6.45, 7) is 1.98. The van der Waals surface area contributed by atoms with E-state index in [9.17, 15) is 13.2 Å². The second-order valence-electron chi connectivity index (χ2n) is 6.57. The number of carbonyl (C=O) groups excluding carboxylic acids is 1. The van der Waals surface area contributed by atoms with Gasteiger partial charge in [0.2, 0.25) is 5.91 Å². The molecule has 1 heterocycles. The molecule has 2 fully saturated rings. The predicted octanol–water partition coefficient (Wildman–Crippen LogP) is 0.00310. The minimum Gasteiger partial charge on any atom is -0.345 e. The molecular formula is C16H24N4O3S. The zero-order valence-corrected chi connectivity index (χ0v) is 14.5. The summed E-state index contributed by atoms with van der Waals surface area (Å²) in [5.41, 5.74) is 0.921. The van der Waals surface area contributed by atoms with E-state index in [1.54, 1.807) is 0 Å². The van der Waals surface area contributed by atoms with Crippen LogP contribution in [0.3, 0.4) is 0 Å². The van der Waals surface area contributed by atoms with E-state index in [1.165, 1.54) is 4.31 Å². The van der Waals surface area contributed by atoms with E-state index >= 15 is 0 Å². The number of hydrogen-bond acceptors (Lipinski definition) is 4. The second kappa shape index (κ2) is 6.79. The maximum Gasteiger partial charge on any atom is 0.276 e. The lowest BCUT2D eigenvalue weighted by Crippen LogP contribution is -2.56. The average molecular weight is 352 g/mol. The summed E-state index contributed by atoms with van der Waals surface area (Å²) in [4.78, 5) is 14.4. The lowest BCUT2D eigenvalue weighted by molar-refractivity contribution is -0.125. The van der Waals surface area contributed by atoms with Gasteiger partial charge in [0, 0.05) is 26.2 Å². The molecule has 3 rings (SSSR count). The topological polar surface area (TPSA) is 95.7 Å². The zero-order chi connectivity index (χ0) is 17.2. The predicted molar refractivity (Wildman–Crippen MR) is 91.2 cm³/mol. The number of nitrogens with zero attached hydrogens (tertiary/aromatic N) is 2. The SMILES string of the molecule is NS(=O)(=O)N1CCN(CC(=O)NC2(c3ccccc3)CCC2)CC1. The van der Waals surface area contributed by atoms with Crippen LogP contribution < -0.4 is 10.5 Å². The normalized spacial score (nSPS) is 21.9. The standard InChI is InChI=1S/C16H24N4O3S/c17-24(22,23)20-11-9-19(10-12-20)13-15(21)18-16(7-4-8-16)14-5-2-1-3-6-14/h1-3,5-6H,4,7-13H2,(H,18,21)(H2,17,22,23). The van der Waals surface area contributed by atoms with Gasteiger partial charge in [-0.25, -0.2) is 5.14 Å². The number of nitrogens with two attached hydrogens (primary N) is 1. The van der Waals surface area contributed by atoms with E-state index in [1.807, 2.05) is 23.1 Å². The summed E-state index contributed by atoms with van der Waals surface area (Å²) in [6.07, 6.45) is 3.03. The molecule has 8 heteroatoms. The molecule has 0 spiro atoms. The highest BCUT2D eigenvalue weighted by Gasteiger charge is 2.40. The monoisotopic (exact) mass is 352 g/mol. The number of hydrogen-bond donors (Lipinski definition) is 2. The lowest BCUT2D eigenvalue weighted by atomic mass is 9.72. The quantitative estimate of drug-likeness (QED) is 0.780. The van der Waals surface area contributed by atoms with Gasteiger partial charge in [-0.2, -0.15) is 12.7 Å². The summed E-state index contributed by atoms with van der Waals surface area (Å²) < 4.78 is 23.9. The largest absolute Gasteiger partial charge is 0.345 e. The van der Waals surface area contributed by atoms with E-state index in [0.29, 0.717) is 26.2 Å². The van der Waals surface area contributed by atoms with Crippen LogP contribution in [0.1, 0.15) is 24.8 Å². The van der Waals surface area contributed by atoms with Crippen LogP contribution in [0.2, 0.25) is 0 Å². The molecule has 3 N–H and O–H groups in total. The maximum atomic E-state index is 12.5. The molecule has 1 saturated heterocycles. The van der Waals surface area contributed by atoms with Crippen LogP contribution in [-0.4, -0.2) is 56.3 Å². The first-order valence-corrected chi connectivity index (χ1v) is 9.76. The van der Waals surface area contributed by atoms with Crippen molar-refractivity contribution in [2.75, 3.05) is 32.7 Å². The Kier molecular flexibility index (Phi) is 4.91. The van der Waals surface area contributed by atoms with Crippen LogP contribution >= 0.6 is 0 Å².